The molecule has 1 aliphatic rings. The van der Waals surface area contributed by atoms with Crippen LogP contribution in [0, 0.1) is 5.92 Å². The van der Waals surface area contributed by atoms with Gasteiger partial charge >= 0.3 is 0 Å². The largest absolute Gasteiger partial charge is 0.345 e. The third-order valence-electron chi connectivity index (χ3n) is 2.85. The lowest BCUT2D eigenvalue weighted by atomic mass is 9.88. The fourth-order valence-electron chi connectivity index (χ4n) is 1.99. The van der Waals surface area contributed by atoms with E-state index < -0.39 is 0 Å². The van der Waals surface area contributed by atoms with Crippen molar-refractivity contribution >= 4 is 5.91 Å². The topological polar surface area (TPSA) is 29.1 Å². The van der Waals surface area contributed by atoms with Crippen molar-refractivity contribution in [3.8, 4) is 0 Å². The van der Waals surface area contributed by atoms with Gasteiger partial charge in [-0.2, -0.15) is 0 Å². The number of benzene rings is 1. The maximum Gasteiger partial charge on any atom is 0.244 e. The van der Waals surface area contributed by atoms with Gasteiger partial charge in [0, 0.05) is 5.92 Å². The molecule has 0 aromatic heterocycles. The van der Waals surface area contributed by atoms with Crippen molar-refractivity contribution in [3.05, 3.63) is 48.0 Å². The molecule has 1 aromatic rings. The molecule has 1 amide bonds. The Bertz CT molecular complexity index is 369. The van der Waals surface area contributed by atoms with E-state index in [-0.39, 0.29) is 11.9 Å². The summed E-state index contributed by atoms with van der Waals surface area (Å²) in [5.74, 6) is 0.415. The normalized spacial score (nSPS) is 25.0. The van der Waals surface area contributed by atoms with Gasteiger partial charge in [0.25, 0.3) is 0 Å². The van der Waals surface area contributed by atoms with Crippen LogP contribution in [0.4, 0.5) is 0 Å². The van der Waals surface area contributed by atoms with Crippen LogP contribution < -0.4 is 5.32 Å². The molecule has 2 heteroatoms. The van der Waals surface area contributed by atoms with Crippen LogP contribution in [0.1, 0.15) is 24.9 Å². The van der Waals surface area contributed by atoms with E-state index in [4.69, 9.17) is 0 Å². The zero-order valence-corrected chi connectivity index (χ0v) is 8.81. The highest BCUT2D eigenvalue weighted by molar-refractivity contribution is 5.88. The summed E-state index contributed by atoms with van der Waals surface area (Å²) in [5, 5.41) is 3.01. The summed E-state index contributed by atoms with van der Waals surface area (Å²) >= 11 is 0. The number of hydrogen-bond donors (Lipinski definition) is 1. The predicted octanol–water partition coefficient (Wildman–Crippen LogP) is 2.44. The molecule has 0 bridgehead atoms. The lowest BCUT2D eigenvalue weighted by Crippen LogP contribution is -2.34. The first-order valence-corrected chi connectivity index (χ1v) is 5.35. The molecule has 1 aromatic carbocycles. The Morgan fingerprint density at radius 2 is 2.00 bits per heavy atom. The summed E-state index contributed by atoms with van der Waals surface area (Å²) in [7, 11) is 0. The molecule has 1 aliphatic heterocycles. The van der Waals surface area contributed by atoms with Crippen molar-refractivity contribution in [2.75, 3.05) is 0 Å². The van der Waals surface area contributed by atoms with E-state index >= 15 is 0 Å². The summed E-state index contributed by atoms with van der Waals surface area (Å²) in [6, 6.07) is 10.3. The first kappa shape index (κ1) is 9.97. The van der Waals surface area contributed by atoms with E-state index in [2.05, 4.69) is 24.4 Å². The molecule has 1 N–H and O–H groups in total. The standard InChI is InChI=1S/C13H15NO/c1-2-10-8-9-12(15)14-13(10)11-6-4-3-5-7-11/h3-10,13H,2H2,1H3,(H,14,15)/t10-,13-/m0/s1. The minimum Gasteiger partial charge on any atom is -0.345 e. The maximum atomic E-state index is 11.3. The lowest BCUT2D eigenvalue weighted by molar-refractivity contribution is -0.118. The molecule has 0 radical (unpaired) electrons. The van der Waals surface area contributed by atoms with Gasteiger partial charge in [-0.05, 0) is 18.1 Å². The van der Waals surface area contributed by atoms with Crippen LogP contribution in [0.2, 0.25) is 0 Å². The van der Waals surface area contributed by atoms with Gasteiger partial charge in [0.15, 0.2) is 0 Å². The van der Waals surface area contributed by atoms with Crippen LogP contribution in [0.3, 0.4) is 0 Å². The molecular formula is C13H15NO. The van der Waals surface area contributed by atoms with Gasteiger partial charge in [-0.15, -0.1) is 0 Å². The average molecular weight is 201 g/mol. The van der Waals surface area contributed by atoms with Gasteiger partial charge in [0.1, 0.15) is 0 Å². The highest BCUT2D eigenvalue weighted by atomic mass is 16.1. The molecule has 0 unspecified atom stereocenters. The fourth-order valence-corrected chi connectivity index (χ4v) is 1.99. The van der Waals surface area contributed by atoms with Crippen molar-refractivity contribution in [1.29, 1.82) is 0 Å². The molecule has 0 fully saturated rings. The monoisotopic (exact) mass is 201 g/mol. The van der Waals surface area contributed by atoms with Crippen LogP contribution in [0.5, 0.6) is 0 Å². The molecule has 15 heavy (non-hydrogen) atoms. The molecular weight excluding hydrogens is 186 g/mol. The second-order valence-corrected chi connectivity index (χ2v) is 3.83. The molecule has 2 atom stereocenters. The molecule has 1 heterocycles. The third-order valence-corrected chi connectivity index (χ3v) is 2.85. The van der Waals surface area contributed by atoms with Gasteiger partial charge in [-0.25, -0.2) is 0 Å². The number of carbonyl (C=O) groups is 1. The molecule has 78 valence electrons. The zero-order valence-electron chi connectivity index (χ0n) is 8.81. The molecule has 0 saturated carbocycles. The number of amides is 1. The van der Waals surface area contributed by atoms with E-state index in [9.17, 15) is 4.79 Å². The molecule has 0 spiro atoms. The molecule has 2 nitrogen and oxygen atoms in total. The van der Waals surface area contributed by atoms with Crippen LogP contribution in [-0.2, 0) is 4.79 Å². The van der Waals surface area contributed by atoms with Crippen LogP contribution in [0.25, 0.3) is 0 Å². The number of hydrogen-bond acceptors (Lipinski definition) is 1. The van der Waals surface area contributed by atoms with Gasteiger partial charge in [-0.3, -0.25) is 4.79 Å². The van der Waals surface area contributed by atoms with E-state index in [1.54, 1.807) is 6.08 Å². The SMILES string of the molecule is CC[C@H]1C=CC(=O)N[C@@H]1c1ccccc1. The summed E-state index contributed by atoms with van der Waals surface area (Å²) in [5.41, 5.74) is 1.18. The Balaban J connectivity index is 2.27. The van der Waals surface area contributed by atoms with Crippen molar-refractivity contribution in [1.82, 2.24) is 5.32 Å². The Kier molecular flexibility index (Phi) is 2.86. The quantitative estimate of drug-likeness (QED) is 0.782. The summed E-state index contributed by atoms with van der Waals surface area (Å²) < 4.78 is 0. The molecule has 0 aliphatic carbocycles. The van der Waals surface area contributed by atoms with Gasteiger partial charge in [-0.1, -0.05) is 43.3 Å². The summed E-state index contributed by atoms with van der Waals surface area (Å²) in [6.45, 7) is 2.14. The molecule has 0 saturated heterocycles. The van der Waals surface area contributed by atoms with Gasteiger partial charge in [0.05, 0.1) is 6.04 Å². The lowest BCUT2D eigenvalue weighted by Gasteiger charge is -2.28. The van der Waals surface area contributed by atoms with E-state index in [1.807, 2.05) is 24.3 Å². The van der Waals surface area contributed by atoms with Crippen LogP contribution in [-0.4, -0.2) is 5.91 Å². The Morgan fingerprint density at radius 1 is 1.27 bits per heavy atom. The summed E-state index contributed by atoms with van der Waals surface area (Å²) in [4.78, 5) is 11.3. The van der Waals surface area contributed by atoms with Crippen LogP contribution >= 0.6 is 0 Å². The Hall–Kier alpha value is -1.57. The van der Waals surface area contributed by atoms with Gasteiger partial charge in [0.2, 0.25) is 5.91 Å². The van der Waals surface area contributed by atoms with E-state index in [0.29, 0.717) is 5.92 Å². The second-order valence-electron chi connectivity index (χ2n) is 3.83. The van der Waals surface area contributed by atoms with E-state index in [1.165, 1.54) is 5.56 Å². The minimum atomic E-state index is 0.00792. The smallest absolute Gasteiger partial charge is 0.244 e. The average Bonchev–Trinajstić information content (AvgIpc) is 2.30. The number of carbonyl (C=O) groups excluding carboxylic acids is 1. The Morgan fingerprint density at radius 3 is 2.67 bits per heavy atom. The number of nitrogens with one attached hydrogen (secondary N) is 1. The highest BCUT2D eigenvalue weighted by Gasteiger charge is 2.24. The number of rotatable bonds is 2. The maximum absolute atomic E-state index is 11.3. The molecule has 2 rings (SSSR count). The zero-order chi connectivity index (χ0) is 10.7. The first-order valence-electron chi connectivity index (χ1n) is 5.35. The van der Waals surface area contributed by atoms with Crippen molar-refractivity contribution < 1.29 is 4.79 Å². The van der Waals surface area contributed by atoms with Crippen molar-refractivity contribution in [2.45, 2.75) is 19.4 Å². The van der Waals surface area contributed by atoms with Gasteiger partial charge < -0.3 is 5.32 Å². The minimum absolute atomic E-state index is 0.00792. The highest BCUT2D eigenvalue weighted by Crippen LogP contribution is 2.27. The second kappa shape index (κ2) is 4.30. The van der Waals surface area contributed by atoms with Crippen molar-refractivity contribution in [3.63, 3.8) is 0 Å². The summed E-state index contributed by atoms with van der Waals surface area (Å²) in [6.07, 6.45) is 4.68. The predicted molar refractivity (Wildman–Crippen MR) is 60.2 cm³/mol. The van der Waals surface area contributed by atoms with Crippen LogP contribution in [0.15, 0.2) is 42.5 Å². The first-order chi connectivity index (χ1) is 7.31. The van der Waals surface area contributed by atoms with Crippen molar-refractivity contribution in [2.24, 2.45) is 5.92 Å². The fraction of sp³-hybridized carbons (Fsp3) is 0.308. The van der Waals surface area contributed by atoms with E-state index in [0.717, 1.165) is 6.42 Å². The third kappa shape index (κ3) is 2.09. The Labute approximate surface area is 90.0 Å².